The maximum absolute atomic E-state index is 14.3. The predicted octanol–water partition coefficient (Wildman–Crippen LogP) is 5.26. The summed E-state index contributed by atoms with van der Waals surface area (Å²) in [5, 5.41) is 22.0. The van der Waals surface area contributed by atoms with Crippen LogP contribution in [0.15, 0.2) is 95.9 Å². The number of carbonyl (C=O) groups excluding carboxylic acids is 3. The minimum absolute atomic E-state index is 0.0166. The highest BCUT2D eigenvalue weighted by atomic mass is 32.2. The van der Waals surface area contributed by atoms with Gasteiger partial charge in [0.05, 0.1) is 16.5 Å². The van der Waals surface area contributed by atoms with Gasteiger partial charge in [-0.05, 0) is 79.7 Å². The first-order chi connectivity index (χ1) is 20.3. The molecule has 0 saturated carbocycles. The van der Waals surface area contributed by atoms with Crippen molar-refractivity contribution < 1.29 is 29.3 Å². The third-order valence-electron chi connectivity index (χ3n) is 7.01. The molecule has 8 nitrogen and oxygen atoms in total. The predicted molar refractivity (Wildman–Crippen MR) is 161 cm³/mol. The van der Waals surface area contributed by atoms with E-state index in [1.54, 1.807) is 36.2 Å². The third kappa shape index (κ3) is 6.02. The molecule has 0 radical (unpaired) electrons. The largest absolute Gasteiger partial charge is 0.508 e. The number of thioether (sulfide) groups is 1. The Hall–Kier alpha value is -4.60. The van der Waals surface area contributed by atoms with Crippen molar-refractivity contribution in [2.24, 2.45) is 0 Å². The summed E-state index contributed by atoms with van der Waals surface area (Å²) in [6, 6.07) is 24.4. The molecule has 1 aliphatic rings. The van der Waals surface area contributed by atoms with Crippen molar-refractivity contribution in [3.63, 3.8) is 0 Å². The van der Waals surface area contributed by atoms with Gasteiger partial charge in [0.25, 0.3) is 5.91 Å². The van der Waals surface area contributed by atoms with Crippen molar-refractivity contribution in [3.05, 3.63) is 119 Å². The average Bonchev–Trinajstić information content (AvgIpc) is 3.10. The number of ether oxygens (including phenoxy) is 1. The van der Waals surface area contributed by atoms with Crippen LogP contribution in [0.1, 0.15) is 42.7 Å². The Kier molecular flexibility index (Phi) is 8.61. The number of nitrogens with one attached hydrogen (secondary N) is 1. The highest BCUT2D eigenvalue weighted by Crippen LogP contribution is 2.47. The number of fused-ring (bicyclic) bond motifs is 1. The summed E-state index contributed by atoms with van der Waals surface area (Å²) < 4.78 is 6.06. The summed E-state index contributed by atoms with van der Waals surface area (Å²) in [6.45, 7) is 2.83. The average molecular weight is 583 g/mol. The fraction of sp³-hybridized carbons (Fsp3) is 0.182. The minimum atomic E-state index is -1.24. The van der Waals surface area contributed by atoms with Gasteiger partial charge in [-0.15, -0.1) is 11.8 Å². The number of rotatable bonds is 8. The van der Waals surface area contributed by atoms with E-state index in [1.807, 2.05) is 25.1 Å². The summed E-state index contributed by atoms with van der Waals surface area (Å²) >= 11 is 1.41. The maximum Gasteiger partial charge on any atom is 0.339 e. The lowest BCUT2D eigenvalue weighted by Gasteiger charge is -2.28. The Morgan fingerprint density at radius 2 is 1.55 bits per heavy atom. The summed E-state index contributed by atoms with van der Waals surface area (Å²) in [4.78, 5) is 43.9. The molecule has 3 N–H and O–H groups in total. The fourth-order valence-electron chi connectivity index (χ4n) is 4.82. The smallest absolute Gasteiger partial charge is 0.339 e. The summed E-state index contributed by atoms with van der Waals surface area (Å²) in [6.07, 6.45) is -1.24. The first-order valence-corrected chi connectivity index (χ1v) is 14.3. The van der Waals surface area contributed by atoms with Crippen molar-refractivity contribution in [3.8, 4) is 11.5 Å². The number of anilines is 1. The Morgan fingerprint density at radius 1 is 0.905 bits per heavy atom. The number of aryl methyl sites for hydroxylation is 1. The first kappa shape index (κ1) is 28.9. The van der Waals surface area contributed by atoms with E-state index in [1.165, 1.54) is 60.3 Å². The zero-order chi connectivity index (χ0) is 29.8. The van der Waals surface area contributed by atoms with Gasteiger partial charge in [0.15, 0.2) is 11.9 Å². The minimum Gasteiger partial charge on any atom is -0.508 e. The van der Waals surface area contributed by atoms with Crippen LogP contribution in [-0.4, -0.2) is 54.1 Å². The lowest BCUT2D eigenvalue weighted by molar-refractivity contribution is -0.127. The third-order valence-corrected chi connectivity index (χ3v) is 8.36. The van der Waals surface area contributed by atoms with Crippen molar-refractivity contribution in [2.75, 3.05) is 25.0 Å². The van der Waals surface area contributed by atoms with E-state index >= 15 is 0 Å². The van der Waals surface area contributed by atoms with E-state index in [0.717, 1.165) is 16.1 Å². The standard InChI is InChI=1S/C33H30N2O6S/c1-20-7-16-27-28(19-20)42-31(22-10-14-24(37)15-11-22)30(32(39)35(27)18-17-34-2)41-33(40)26-6-4-3-5-25(26)29(38)21-8-12-23(36)13-9-21/h3-16,19,30-31,34,36-37H,17-18H2,1-2H3/t30-,31+/m0/s1. The Labute approximate surface area is 248 Å². The first-order valence-electron chi connectivity index (χ1n) is 13.4. The number of hydrogen-bond donors (Lipinski definition) is 3. The second-order valence-corrected chi connectivity index (χ2v) is 11.1. The lowest BCUT2D eigenvalue weighted by atomic mass is 9.98. The highest BCUT2D eigenvalue weighted by molar-refractivity contribution is 7.99. The molecule has 4 aromatic carbocycles. The van der Waals surface area contributed by atoms with Crippen LogP contribution in [0.25, 0.3) is 0 Å². The van der Waals surface area contributed by atoms with E-state index in [-0.39, 0.29) is 22.6 Å². The van der Waals surface area contributed by atoms with Crippen molar-refractivity contribution in [1.82, 2.24) is 5.32 Å². The molecule has 42 heavy (non-hydrogen) atoms. The number of benzene rings is 4. The summed E-state index contributed by atoms with van der Waals surface area (Å²) in [5.74, 6) is -1.53. The molecule has 0 bridgehead atoms. The molecular weight excluding hydrogens is 552 g/mol. The fourth-order valence-corrected chi connectivity index (χ4v) is 6.23. The number of likely N-dealkylation sites (N-methyl/N-ethyl adjacent to an activating group) is 1. The summed E-state index contributed by atoms with van der Waals surface area (Å²) in [5.41, 5.74) is 2.87. The van der Waals surface area contributed by atoms with Crippen molar-refractivity contribution >= 4 is 35.1 Å². The van der Waals surface area contributed by atoms with Crippen LogP contribution in [0, 0.1) is 6.92 Å². The maximum atomic E-state index is 14.3. The SMILES string of the molecule is CNCCN1C(=O)[C@@H](OC(=O)c2ccccc2C(=O)c2ccc(O)cc2)[C@@H](c2ccc(O)cc2)Sc2cc(C)ccc21. The molecule has 1 amide bonds. The van der Waals surface area contributed by atoms with Gasteiger partial charge in [-0.25, -0.2) is 4.79 Å². The van der Waals surface area contributed by atoms with Crippen LogP contribution >= 0.6 is 11.8 Å². The molecular formula is C33H30N2O6S. The van der Waals surface area contributed by atoms with Crippen molar-refractivity contribution in [2.45, 2.75) is 23.2 Å². The quantitative estimate of drug-likeness (QED) is 0.190. The Morgan fingerprint density at radius 3 is 2.21 bits per heavy atom. The molecule has 0 fully saturated rings. The van der Waals surface area contributed by atoms with E-state index < -0.39 is 29.0 Å². The van der Waals surface area contributed by atoms with Gasteiger partial charge in [0, 0.05) is 29.1 Å². The van der Waals surface area contributed by atoms with Gasteiger partial charge < -0.3 is 25.2 Å². The number of hydrogen-bond acceptors (Lipinski definition) is 8. The van der Waals surface area contributed by atoms with Crippen LogP contribution in [0.3, 0.4) is 0 Å². The molecule has 0 aromatic heterocycles. The van der Waals surface area contributed by atoms with Gasteiger partial charge in [-0.3, -0.25) is 9.59 Å². The molecule has 0 unspecified atom stereocenters. The molecule has 1 heterocycles. The van der Waals surface area contributed by atoms with Gasteiger partial charge in [-0.1, -0.05) is 36.4 Å². The second kappa shape index (κ2) is 12.5. The number of amides is 1. The van der Waals surface area contributed by atoms with E-state index in [4.69, 9.17) is 4.74 Å². The number of aromatic hydroxyl groups is 2. The zero-order valence-electron chi connectivity index (χ0n) is 23.1. The number of carbonyl (C=O) groups is 3. The van der Waals surface area contributed by atoms with Gasteiger partial charge in [-0.2, -0.15) is 0 Å². The number of phenols is 2. The number of esters is 1. The molecule has 5 rings (SSSR count). The van der Waals surface area contributed by atoms with Gasteiger partial charge in [0.2, 0.25) is 0 Å². The van der Waals surface area contributed by atoms with Gasteiger partial charge >= 0.3 is 5.97 Å². The van der Waals surface area contributed by atoms with Crippen molar-refractivity contribution in [1.29, 1.82) is 0 Å². The number of nitrogens with zero attached hydrogens (tertiary/aromatic N) is 1. The van der Waals surface area contributed by atoms with E-state index in [0.29, 0.717) is 24.2 Å². The van der Waals surface area contributed by atoms with Crippen LogP contribution in [0.4, 0.5) is 5.69 Å². The molecule has 2 atom stereocenters. The van der Waals surface area contributed by atoms with E-state index in [9.17, 15) is 24.6 Å². The second-order valence-electron chi connectivity index (χ2n) is 9.94. The molecule has 0 spiro atoms. The van der Waals surface area contributed by atoms with E-state index in [2.05, 4.69) is 5.32 Å². The number of phenolic OH excluding ortho intramolecular Hbond substituents is 2. The Balaban J connectivity index is 1.56. The summed E-state index contributed by atoms with van der Waals surface area (Å²) in [7, 11) is 1.80. The normalized spacial score (nSPS) is 16.4. The highest BCUT2D eigenvalue weighted by Gasteiger charge is 2.41. The van der Waals surface area contributed by atoms with Crippen LogP contribution in [-0.2, 0) is 9.53 Å². The molecule has 214 valence electrons. The van der Waals surface area contributed by atoms with Gasteiger partial charge in [0.1, 0.15) is 11.5 Å². The van der Waals surface area contributed by atoms with Crippen LogP contribution < -0.4 is 10.2 Å². The molecule has 1 aliphatic heterocycles. The molecule has 9 heteroatoms. The molecule has 0 saturated heterocycles. The number of ketones is 1. The van der Waals surface area contributed by atoms with Crippen LogP contribution in [0.5, 0.6) is 11.5 Å². The topological polar surface area (TPSA) is 116 Å². The molecule has 0 aliphatic carbocycles. The van der Waals surface area contributed by atoms with Crippen LogP contribution in [0.2, 0.25) is 0 Å². The molecule has 4 aromatic rings. The lowest BCUT2D eigenvalue weighted by Crippen LogP contribution is -2.45. The monoisotopic (exact) mass is 582 g/mol. The Bertz CT molecular complexity index is 1620. The zero-order valence-corrected chi connectivity index (χ0v) is 23.9.